The van der Waals surface area contributed by atoms with E-state index in [0.29, 0.717) is 36.1 Å². The zero-order valence-electron chi connectivity index (χ0n) is 17.7. The van der Waals surface area contributed by atoms with Gasteiger partial charge in [-0.25, -0.2) is 13.2 Å². The molecule has 0 aromatic heterocycles. The Hall–Kier alpha value is -2.23. The van der Waals surface area contributed by atoms with E-state index in [2.05, 4.69) is 0 Å². The quantitative estimate of drug-likeness (QED) is 0.507. The van der Waals surface area contributed by atoms with Gasteiger partial charge in [0.2, 0.25) is 10.0 Å². The van der Waals surface area contributed by atoms with E-state index in [4.69, 9.17) is 14.6 Å². The molecule has 1 heterocycles. The van der Waals surface area contributed by atoms with Crippen LogP contribution in [0.25, 0.3) is 0 Å². The molecule has 9 heteroatoms. The molecule has 0 fully saturated rings. The first-order valence-corrected chi connectivity index (χ1v) is 12.6. The second kappa shape index (κ2) is 10.4. The Balaban J connectivity index is 1.64. The van der Waals surface area contributed by atoms with Crippen molar-refractivity contribution in [1.82, 2.24) is 4.31 Å². The van der Waals surface area contributed by atoms with Gasteiger partial charge in [0.15, 0.2) is 6.61 Å². The number of aliphatic carboxylic acids is 1. The van der Waals surface area contributed by atoms with Gasteiger partial charge in [0.05, 0.1) is 11.5 Å². The maximum atomic E-state index is 13.2. The van der Waals surface area contributed by atoms with E-state index in [-0.39, 0.29) is 6.61 Å². The number of hydrogen-bond donors (Lipinski definition) is 1. The Kier molecular flexibility index (Phi) is 7.85. The van der Waals surface area contributed by atoms with Gasteiger partial charge in [0, 0.05) is 30.2 Å². The van der Waals surface area contributed by atoms with E-state index in [1.54, 1.807) is 36.0 Å². The molecule has 0 aliphatic carbocycles. The van der Waals surface area contributed by atoms with E-state index >= 15 is 0 Å². The van der Waals surface area contributed by atoms with Crippen LogP contribution in [0.1, 0.15) is 24.5 Å². The van der Waals surface area contributed by atoms with Gasteiger partial charge < -0.3 is 14.6 Å². The average Bonchev–Trinajstić information content (AvgIpc) is 3.20. The summed E-state index contributed by atoms with van der Waals surface area (Å²) in [7, 11) is -3.58. The predicted molar refractivity (Wildman–Crippen MR) is 120 cm³/mol. The minimum atomic E-state index is -3.58. The largest absolute Gasteiger partial charge is 0.493 e. The smallest absolute Gasteiger partial charge is 0.341 e. The van der Waals surface area contributed by atoms with Crippen LogP contribution in [0.5, 0.6) is 11.5 Å². The van der Waals surface area contributed by atoms with Crippen molar-refractivity contribution < 1.29 is 27.8 Å². The van der Waals surface area contributed by atoms with Crippen LogP contribution < -0.4 is 9.47 Å². The van der Waals surface area contributed by atoms with Crippen LogP contribution >= 0.6 is 11.8 Å². The zero-order valence-corrected chi connectivity index (χ0v) is 19.3. The van der Waals surface area contributed by atoms with Crippen molar-refractivity contribution in [3.63, 3.8) is 0 Å². The molecule has 1 aliphatic heterocycles. The molecule has 1 N–H and O–H groups in total. The van der Waals surface area contributed by atoms with E-state index in [0.717, 1.165) is 34.6 Å². The monoisotopic (exact) mass is 465 g/mol. The lowest BCUT2D eigenvalue weighted by molar-refractivity contribution is -0.139. The molecule has 0 unspecified atom stereocenters. The maximum Gasteiger partial charge on any atom is 0.341 e. The first kappa shape index (κ1) is 23.4. The van der Waals surface area contributed by atoms with Gasteiger partial charge in [-0.2, -0.15) is 4.31 Å². The van der Waals surface area contributed by atoms with Gasteiger partial charge in [-0.05, 0) is 60.9 Å². The molecule has 0 amide bonds. The van der Waals surface area contributed by atoms with Crippen LogP contribution in [0.4, 0.5) is 0 Å². The Morgan fingerprint density at radius 2 is 2.03 bits per heavy atom. The second-order valence-electron chi connectivity index (χ2n) is 7.23. The Morgan fingerprint density at radius 1 is 1.23 bits per heavy atom. The number of sulfonamides is 1. The zero-order chi connectivity index (χ0) is 22.4. The Bertz CT molecular complexity index is 1040. The summed E-state index contributed by atoms with van der Waals surface area (Å²) < 4.78 is 38.7. The molecule has 2 aromatic rings. The van der Waals surface area contributed by atoms with Gasteiger partial charge in [0.1, 0.15) is 11.5 Å². The van der Waals surface area contributed by atoms with Crippen LogP contribution in [-0.2, 0) is 21.2 Å². The van der Waals surface area contributed by atoms with Crippen molar-refractivity contribution in [3.05, 3.63) is 47.5 Å². The normalized spacial score (nSPS) is 13.1. The van der Waals surface area contributed by atoms with Gasteiger partial charge in [-0.1, -0.05) is 6.92 Å². The first-order chi connectivity index (χ1) is 14.8. The predicted octanol–water partition coefficient (Wildman–Crippen LogP) is 3.59. The average molecular weight is 466 g/mol. The summed E-state index contributed by atoms with van der Waals surface area (Å²) in [5, 5.41) is 8.74. The molecule has 0 bridgehead atoms. The summed E-state index contributed by atoms with van der Waals surface area (Å²) in [5.74, 6) is 0.874. The summed E-state index contributed by atoms with van der Waals surface area (Å²) in [6.07, 6.45) is 1.46. The van der Waals surface area contributed by atoms with Crippen molar-refractivity contribution in [2.24, 2.45) is 0 Å². The molecule has 0 saturated carbocycles. The molecule has 0 spiro atoms. The van der Waals surface area contributed by atoms with E-state index < -0.39 is 16.0 Å². The molecule has 0 atom stereocenters. The number of carbonyl (C=O) groups is 1. The number of rotatable bonds is 11. The molecule has 3 rings (SSSR count). The van der Waals surface area contributed by atoms with Crippen molar-refractivity contribution in [2.45, 2.75) is 36.5 Å². The van der Waals surface area contributed by atoms with Gasteiger partial charge in [-0.3, -0.25) is 0 Å². The molecule has 7 nitrogen and oxygen atoms in total. The lowest BCUT2D eigenvalue weighted by atomic mass is 10.2. The SMILES string of the molecule is CCCN(CCSc1ccc(OCC(=O)O)c(C)c1)S(=O)(=O)c1ccc2c(c1)CCO2. The van der Waals surface area contributed by atoms with Crippen LogP contribution in [-0.4, -0.2) is 55.9 Å². The van der Waals surface area contributed by atoms with Gasteiger partial charge in [0.25, 0.3) is 0 Å². The highest BCUT2D eigenvalue weighted by molar-refractivity contribution is 7.99. The van der Waals surface area contributed by atoms with Crippen LogP contribution in [0, 0.1) is 6.92 Å². The standard InChI is InChI=1S/C22H27NO6S2/c1-3-9-23(31(26,27)19-5-7-21-17(14-19)8-11-28-21)10-12-30-18-4-6-20(16(2)13-18)29-15-22(24)25/h4-7,13-14H,3,8-12,15H2,1-2H3,(H,24,25). The molecular weight excluding hydrogens is 438 g/mol. The summed E-state index contributed by atoms with van der Waals surface area (Å²) in [5.41, 5.74) is 1.78. The highest BCUT2D eigenvalue weighted by atomic mass is 32.2. The molecule has 31 heavy (non-hydrogen) atoms. The van der Waals surface area contributed by atoms with Crippen molar-refractivity contribution >= 4 is 27.8 Å². The first-order valence-electron chi connectivity index (χ1n) is 10.1. The third-order valence-electron chi connectivity index (χ3n) is 4.88. The number of carboxylic acid groups (broad SMARTS) is 1. The number of nitrogens with zero attached hydrogens (tertiary/aromatic N) is 1. The van der Waals surface area contributed by atoms with Crippen LogP contribution in [0.15, 0.2) is 46.2 Å². The molecule has 0 radical (unpaired) electrons. The highest BCUT2D eigenvalue weighted by Crippen LogP contribution is 2.30. The minimum Gasteiger partial charge on any atom is -0.493 e. The number of benzene rings is 2. The summed E-state index contributed by atoms with van der Waals surface area (Å²) in [6, 6.07) is 10.6. The van der Waals surface area contributed by atoms with Gasteiger partial charge >= 0.3 is 5.97 Å². The summed E-state index contributed by atoms with van der Waals surface area (Å²) in [4.78, 5) is 11.9. The Morgan fingerprint density at radius 3 is 2.74 bits per heavy atom. The van der Waals surface area contributed by atoms with Gasteiger partial charge in [-0.15, -0.1) is 11.8 Å². The minimum absolute atomic E-state index is 0.311. The summed E-state index contributed by atoms with van der Waals surface area (Å²) in [6.45, 7) is 4.87. The van der Waals surface area contributed by atoms with Crippen LogP contribution in [0.3, 0.4) is 0 Å². The number of hydrogen-bond acceptors (Lipinski definition) is 6. The van der Waals surface area contributed by atoms with E-state index in [1.165, 1.54) is 4.31 Å². The maximum absolute atomic E-state index is 13.2. The number of aryl methyl sites for hydroxylation is 1. The van der Waals surface area contributed by atoms with Crippen LogP contribution in [0.2, 0.25) is 0 Å². The lowest BCUT2D eigenvalue weighted by Gasteiger charge is -2.22. The van der Waals surface area contributed by atoms with E-state index in [1.807, 2.05) is 26.0 Å². The fourth-order valence-electron chi connectivity index (χ4n) is 3.35. The number of fused-ring (bicyclic) bond motifs is 1. The second-order valence-corrected chi connectivity index (χ2v) is 10.3. The third kappa shape index (κ3) is 5.93. The fraction of sp³-hybridized carbons (Fsp3) is 0.409. The molecule has 2 aromatic carbocycles. The number of carboxylic acids is 1. The highest BCUT2D eigenvalue weighted by Gasteiger charge is 2.25. The lowest BCUT2D eigenvalue weighted by Crippen LogP contribution is -2.33. The van der Waals surface area contributed by atoms with Crippen molar-refractivity contribution in [3.8, 4) is 11.5 Å². The fourth-order valence-corrected chi connectivity index (χ4v) is 6.02. The van der Waals surface area contributed by atoms with E-state index in [9.17, 15) is 13.2 Å². The molecule has 168 valence electrons. The Labute approximate surface area is 187 Å². The third-order valence-corrected chi connectivity index (χ3v) is 7.75. The molecular formula is C22H27NO6S2. The topological polar surface area (TPSA) is 93.1 Å². The number of thioether (sulfide) groups is 1. The molecule has 0 saturated heterocycles. The van der Waals surface area contributed by atoms with Crippen molar-refractivity contribution in [1.29, 1.82) is 0 Å². The molecule has 1 aliphatic rings. The summed E-state index contributed by atoms with van der Waals surface area (Å²) >= 11 is 1.56. The number of ether oxygens (including phenoxy) is 2. The van der Waals surface area contributed by atoms with Crippen molar-refractivity contribution in [2.75, 3.05) is 32.1 Å².